The van der Waals surface area contributed by atoms with Crippen molar-refractivity contribution in [1.29, 1.82) is 0 Å². The van der Waals surface area contributed by atoms with E-state index in [9.17, 15) is 9.59 Å². The predicted molar refractivity (Wildman–Crippen MR) is 142 cm³/mol. The third kappa shape index (κ3) is 34.3. The lowest BCUT2D eigenvalue weighted by molar-refractivity contribution is -0.138. The van der Waals surface area contributed by atoms with Gasteiger partial charge in [-0.1, -0.05) is 6.08 Å². The fourth-order valence-electron chi connectivity index (χ4n) is 2.64. The maximum absolute atomic E-state index is 11.3. The molecule has 0 rings (SSSR count). The molecule has 0 fully saturated rings. The first-order valence-corrected chi connectivity index (χ1v) is 13.5. The molecule has 0 aromatic heterocycles. The van der Waals surface area contributed by atoms with Gasteiger partial charge in [0.2, 0.25) is 5.91 Å². The summed E-state index contributed by atoms with van der Waals surface area (Å²) in [5.41, 5.74) is 0. The Balaban J connectivity index is 3.08. The average Bonchev–Trinajstić information content (AvgIpc) is 2.93. The van der Waals surface area contributed by atoms with Crippen LogP contribution in [-0.4, -0.2) is 142 Å². The van der Waals surface area contributed by atoms with Crippen LogP contribution in [0.4, 0.5) is 0 Å². The van der Waals surface area contributed by atoms with E-state index in [1.165, 1.54) is 0 Å². The van der Waals surface area contributed by atoms with Crippen molar-refractivity contribution < 1.29 is 57.3 Å². The van der Waals surface area contributed by atoms with Crippen LogP contribution in [0.15, 0.2) is 12.7 Å². The molecule has 13 nitrogen and oxygen atoms in total. The summed E-state index contributed by atoms with van der Waals surface area (Å²) in [6, 6.07) is 0. The van der Waals surface area contributed by atoms with Crippen molar-refractivity contribution in [1.82, 2.24) is 5.32 Å². The molecule has 0 radical (unpaired) electrons. The number of carbonyl (C=O) groups is 2. The number of nitrogens with one attached hydrogen (secondary N) is 1. The molecule has 0 aromatic carbocycles. The molecule has 0 aromatic rings. The van der Waals surface area contributed by atoms with Crippen molar-refractivity contribution in [3.05, 3.63) is 12.7 Å². The van der Waals surface area contributed by atoms with Gasteiger partial charge in [-0.2, -0.15) is 0 Å². The standard InChI is InChI=1S/C26H49NO12/c1-2-7-31-9-11-33-13-15-35-17-19-37-21-23-39-24-22-38-20-18-36-16-14-34-12-10-32-8-3-6-27-25(28)4-5-26(29)30/h2H,1,3-24H2,(H,27,28)(H,29,30). The summed E-state index contributed by atoms with van der Waals surface area (Å²) >= 11 is 0. The number of aliphatic carboxylic acids is 1. The van der Waals surface area contributed by atoms with Crippen molar-refractivity contribution in [2.24, 2.45) is 0 Å². The van der Waals surface area contributed by atoms with Gasteiger partial charge in [0.1, 0.15) is 0 Å². The minimum absolute atomic E-state index is 0.00713. The molecule has 0 spiro atoms. The Morgan fingerprint density at radius 2 is 0.872 bits per heavy atom. The highest BCUT2D eigenvalue weighted by molar-refractivity contribution is 5.80. The number of carboxylic acid groups (broad SMARTS) is 1. The van der Waals surface area contributed by atoms with Crippen LogP contribution >= 0.6 is 0 Å². The molecule has 0 aliphatic carbocycles. The number of carbonyl (C=O) groups excluding carboxylic acids is 1. The van der Waals surface area contributed by atoms with E-state index in [1.807, 2.05) is 0 Å². The van der Waals surface area contributed by atoms with Crippen LogP contribution < -0.4 is 5.32 Å². The van der Waals surface area contributed by atoms with Gasteiger partial charge in [0.15, 0.2) is 0 Å². The molecule has 0 aliphatic heterocycles. The zero-order valence-corrected chi connectivity index (χ0v) is 23.3. The van der Waals surface area contributed by atoms with Gasteiger partial charge in [0, 0.05) is 19.6 Å². The Morgan fingerprint density at radius 3 is 1.21 bits per heavy atom. The molecular formula is C26H49NO12. The van der Waals surface area contributed by atoms with Crippen molar-refractivity contribution >= 4 is 11.9 Å². The summed E-state index contributed by atoms with van der Waals surface area (Å²) in [7, 11) is 0. The summed E-state index contributed by atoms with van der Waals surface area (Å²) < 4.78 is 48.5. The fourth-order valence-corrected chi connectivity index (χ4v) is 2.64. The first-order valence-electron chi connectivity index (χ1n) is 13.5. The Labute approximate surface area is 232 Å². The van der Waals surface area contributed by atoms with Crippen molar-refractivity contribution in [2.75, 3.05) is 125 Å². The summed E-state index contributed by atoms with van der Waals surface area (Å²) in [5.74, 6) is -1.25. The van der Waals surface area contributed by atoms with Gasteiger partial charge in [-0.05, 0) is 6.42 Å². The Bertz CT molecular complexity index is 553. The van der Waals surface area contributed by atoms with E-state index in [4.69, 9.17) is 47.7 Å². The number of hydrogen-bond acceptors (Lipinski definition) is 11. The quantitative estimate of drug-likeness (QED) is 0.0849. The molecule has 0 bridgehead atoms. The lowest BCUT2D eigenvalue weighted by atomic mass is 10.3. The molecule has 39 heavy (non-hydrogen) atoms. The summed E-state index contributed by atoms with van der Waals surface area (Å²) in [6.07, 6.45) is 2.19. The molecule has 0 saturated heterocycles. The Kier molecular flexibility index (Phi) is 31.1. The van der Waals surface area contributed by atoms with Gasteiger partial charge in [0.25, 0.3) is 0 Å². The molecule has 2 N–H and O–H groups in total. The molecule has 0 aliphatic rings. The van der Waals surface area contributed by atoms with Gasteiger partial charge in [-0.3, -0.25) is 9.59 Å². The summed E-state index contributed by atoms with van der Waals surface area (Å²) in [5, 5.41) is 11.2. The van der Waals surface area contributed by atoms with E-state index in [1.54, 1.807) is 6.08 Å². The highest BCUT2D eigenvalue weighted by Gasteiger charge is 2.04. The number of rotatable bonds is 33. The van der Waals surface area contributed by atoms with E-state index in [-0.39, 0.29) is 18.7 Å². The van der Waals surface area contributed by atoms with Crippen LogP contribution in [0, 0.1) is 0 Å². The third-order valence-corrected chi connectivity index (χ3v) is 4.57. The predicted octanol–water partition coefficient (Wildman–Crippen LogP) is 0.693. The van der Waals surface area contributed by atoms with E-state index in [2.05, 4.69) is 11.9 Å². The lowest BCUT2D eigenvalue weighted by Gasteiger charge is -2.09. The van der Waals surface area contributed by atoms with E-state index >= 15 is 0 Å². The molecule has 1 amide bonds. The first kappa shape index (κ1) is 37.3. The van der Waals surface area contributed by atoms with Crippen molar-refractivity contribution in [2.45, 2.75) is 19.3 Å². The molecular weight excluding hydrogens is 518 g/mol. The SMILES string of the molecule is C=CCOCCOCCOCCOCCOCCOCCOCCOCCOCCCNC(=O)CCC(=O)O. The van der Waals surface area contributed by atoms with Gasteiger partial charge in [-0.15, -0.1) is 6.58 Å². The normalized spacial score (nSPS) is 11.1. The van der Waals surface area contributed by atoms with Crippen LogP contribution in [0.1, 0.15) is 19.3 Å². The lowest BCUT2D eigenvalue weighted by Crippen LogP contribution is -2.25. The summed E-state index contributed by atoms with van der Waals surface area (Å²) in [4.78, 5) is 21.7. The molecule has 0 atom stereocenters. The van der Waals surface area contributed by atoms with Crippen LogP contribution in [0.2, 0.25) is 0 Å². The second-order valence-electron chi connectivity index (χ2n) is 7.86. The number of hydrogen-bond donors (Lipinski definition) is 2. The second-order valence-corrected chi connectivity index (χ2v) is 7.86. The Morgan fingerprint density at radius 1 is 0.538 bits per heavy atom. The van der Waals surface area contributed by atoms with Crippen LogP contribution in [-0.2, 0) is 52.2 Å². The fraction of sp³-hybridized carbons (Fsp3) is 0.846. The molecule has 230 valence electrons. The van der Waals surface area contributed by atoms with Gasteiger partial charge in [0.05, 0.1) is 119 Å². The smallest absolute Gasteiger partial charge is 0.303 e. The van der Waals surface area contributed by atoms with Gasteiger partial charge < -0.3 is 53.1 Å². The number of carboxylic acids is 1. The highest BCUT2D eigenvalue weighted by atomic mass is 16.6. The third-order valence-electron chi connectivity index (χ3n) is 4.57. The average molecular weight is 568 g/mol. The van der Waals surface area contributed by atoms with E-state index in [0.717, 1.165) is 0 Å². The largest absolute Gasteiger partial charge is 0.481 e. The van der Waals surface area contributed by atoms with Crippen molar-refractivity contribution in [3.63, 3.8) is 0 Å². The minimum Gasteiger partial charge on any atom is -0.481 e. The number of amides is 1. The zero-order chi connectivity index (χ0) is 28.5. The van der Waals surface area contributed by atoms with Crippen molar-refractivity contribution in [3.8, 4) is 0 Å². The zero-order valence-electron chi connectivity index (χ0n) is 23.3. The monoisotopic (exact) mass is 567 g/mol. The molecule has 13 heteroatoms. The topological polar surface area (TPSA) is 149 Å². The van der Waals surface area contributed by atoms with Crippen LogP contribution in [0.3, 0.4) is 0 Å². The molecule has 0 unspecified atom stereocenters. The first-order chi connectivity index (χ1) is 19.2. The highest BCUT2D eigenvalue weighted by Crippen LogP contribution is 1.90. The van der Waals surface area contributed by atoms with Crippen LogP contribution in [0.25, 0.3) is 0 Å². The van der Waals surface area contributed by atoms with Crippen LogP contribution in [0.5, 0.6) is 0 Å². The Hall–Kier alpha value is -1.68. The summed E-state index contributed by atoms with van der Waals surface area (Å²) in [6.45, 7) is 13.0. The van der Waals surface area contributed by atoms with Gasteiger partial charge in [-0.25, -0.2) is 0 Å². The van der Waals surface area contributed by atoms with E-state index in [0.29, 0.717) is 132 Å². The number of ether oxygens (including phenoxy) is 9. The maximum Gasteiger partial charge on any atom is 0.303 e. The second kappa shape index (κ2) is 32.5. The maximum atomic E-state index is 11.3. The van der Waals surface area contributed by atoms with E-state index < -0.39 is 5.97 Å². The molecule has 0 heterocycles. The molecule has 0 saturated carbocycles. The van der Waals surface area contributed by atoms with Gasteiger partial charge >= 0.3 is 5.97 Å². The minimum atomic E-state index is -0.981.